The Balaban J connectivity index is 2.60. The van der Waals surface area contributed by atoms with Gasteiger partial charge >= 0.3 is 11.9 Å². The molecule has 0 fully saturated rings. The van der Waals surface area contributed by atoms with Crippen LogP contribution in [0.2, 0.25) is 5.02 Å². The summed E-state index contributed by atoms with van der Waals surface area (Å²) in [7, 11) is 0. The maximum absolute atomic E-state index is 10.5. The molecule has 0 amide bonds. The number of carbonyl (C=O) groups is 2. The zero-order valence-electron chi connectivity index (χ0n) is 10.1. The fraction of sp³-hybridized carbons (Fsp3) is 0.333. The van der Waals surface area contributed by atoms with Crippen molar-refractivity contribution in [3.05, 3.63) is 28.8 Å². The molecule has 1 aromatic carbocycles. The standard InChI is InChI=1S/C12H14ClNO5/c13-9-1-2-10(19-7-12(17)18)8(5-9)6-14-4-3-11(15)16/h1-2,5,14H,3-4,6-7H2,(H,15,16)(H,17,18). The molecule has 6 nitrogen and oxygen atoms in total. The Bertz CT molecular complexity index is 463. The van der Waals surface area contributed by atoms with Crippen molar-refractivity contribution in [2.75, 3.05) is 13.2 Å². The Morgan fingerprint density at radius 2 is 2.00 bits per heavy atom. The van der Waals surface area contributed by atoms with Crippen LogP contribution in [0.4, 0.5) is 0 Å². The summed E-state index contributed by atoms with van der Waals surface area (Å²) in [5, 5.41) is 20.5. The first-order chi connectivity index (χ1) is 8.99. The number of hydrogen-bond acceptors (Lipinski definition) is 4. The van der Waals surface area contributed by atoms with Gasteiger partial charge in [0.15, 0.2) is 6.61 Å². The highest BCUT2D eigenvalue weighted by Gasteiger charge is 2.07. The number of rotatable bonds is 8. The van der Waals surface area contributed by atoms with Gasteiger partial charge in [-0.05, 0) is 18.2 Å². The van der Waals surface area contributed by atoms with Gasteiger partial charge in [-0.2, -0.15) is 0 Å². The van der Waals surface area contributed by atoms with Crippen molar-refractivity contribution in [1.29, 1.82) is 0 Å². The maximum Gasteiger partial charge on any atom is 0.341 e. The van der Waals surface area contributed by atoms with Gasteiger partial charge in [0.1, 0.15) is 5.75 Å². The molecule has 0 heterocycles. The van der Waals surface area contributed by atoms with E-state index >= 15 is 0 Å². The molecule has 1 aromatic rings. The van der Waals surface area contributed by atoms with Gasteiger partial charge in [-0.1, -0.05) is 11.6 Å². The lowest BCUT2D eigenvalue weighted by atomic mass is 10.2. The first-order valence-electron chi connectivity index (χ1n) is 5.54. The molecule has 1 rings (SSSR count). The van der Waals surface area contributed by atoms with Gasteiger partial charge in [0.25, 0.3) is 0 Å². The van der Waals surface area contributed by atoms with Gasteiger partial charge in [0.05, 0.1) is 6.42 Å². The largest absolute Gasteiger partial charge is 0.482 e. The Hall–Kier alpha value is -1.79. The lowest BCUT2D eigenvalue weighted by Gasteiger charge is -2.11. The highest BCUT2D eigenvalue weighted by Crippen LogP contribution is 2.22. The fourth-order valence-electron chi connectivity index (χ4n) is 1.38. The molecule has 0 saturated carbocycles. The van der Waals surface area contributed by atoms with Crippen molar-refractivity contribution in [2.24, 2.45) is 0 Å². The summed E-state index contributed by atoms with van der Waals surface area (Å²) in [6, 6.07) is 4.82. The second kappa shape index (κ2) is 7.60. The minimum Gasteiger partial charge on any atom is -0.482 e. The average Bonchev–Trinajstić information content (AvgIpc) is 2.33. The fourth-order valence-corrected chi connectivity index (χ4v) is 1.58. The first-order valence-corrected chi connectivity index (χ1v) is 5.92. The number of carboxylic acid groups (broad SMARTS) is 2. The summed E-state index contributed by atoms with van der Waals surface area (Å²) < 4.78 is 5.12. The molecule has 3 N–H and O–H groups in total. The van der Waals surface area contributed by atoms with Crippen LogP contribution in [0, 0.1) is 0 Å². The van der Waals surface area contributed by atoms with Crippen LogP contribution >= 0.6 is 11.6 Å². The Morgan fingerprint density at radius 3 is 2.63 bits per heavy atom. The molecule has 0 aliphatic heterocycles. The van der Waals surface area contributed by atoms with Crippen LogP contribution in [0.3, 0.4) is 0 Å². The van der Waals surface area contributed by atoms with Crippen molar-refractivity contribution >= 4 is 23.5 Å². The summed E-state index contributed by atoms with van der Waals surface area (Å²) in [5.74, 6) is -1.55. The molecule has 0 radical (unpaired) electrons. The van der Waals surface area contributed by atoms with Gasteiger partial charge < -0.3 is 20.3 Å². The predicted octanol–water partition coefficient (Wildman–Crippen LogP) is 1.37. The third-order valence-electron chi connectivity index (χ3n) is 2.20. The second-order valence-corrected chi connectivity index (χ2v) is 4.19. The quantitative estimate of drug-likeness (QED) is 0.625. The van der Waals surface area contributed by atoms with Crippen LogP contribution in [0.5, 0.6) is 5.75 Å². The second-order valence-electron chi connectivity index (χ2n) is 3.75. The molecule has 7 heteroatoms. The normalized spacial score (nSPS) is 10.2. The summed E-state index contributed by atoms with van der Waals surface area (Å²) in [6.45, 7) is 0.215. The van der Waals surface area contributed by atoms with E-state index in [1.807, 2.05) is 0 Å². The van der Waals surface area contributed by atoms with Crippen molar-refractivity contribution in [3.63, 3.8) is 0 Å². The Labute approximate surface area is 114 Å². The smallest absolute Gasteiger partial charge is 0.341 e. The summed E-state index contributed by atoms with van der Waals surface area (Å²) in [6.07, 6.45) is 0.00584. The Kier molecular flexibility index (Phi) is 6.11. The van der Waals surface area contributed by atoms with Gasteiger partial charge in [-0.15, -0.1) is 0 Å². The molecule has 0 saturated heterocycles. The summed E-state index contributed by atoms with van der Waals surface area (Å²) >= 11 is 5.85. The summed E-state index contributed by atoms with van der Waals surface area (Å²) in [4.78, 5) is 20.8. The lowest BCUT2D eigenvalue weighted by molar-refractivity contribution is -0.139. The number of benzene rings is 1. The number of aliphatic carboxylic acids is 2. The SMILES string of the molecule is O=C(O)CCNCc1cc(Cl)ccc1OCC(=O)O. The molecule has 0 aromatic heterocycles. The van der Waals surface area contributed by atoms with Crippen LogP contribution in [0.1, 0.15) is 12.0 Å². The number of hydrogen-bond donors (Lipinski definition) is 3. The topological polar surface area (TPSA) is 95.9 Å². The zero-order chi connectivity index (χ0) is 14.3. The van der Waals surface area contributed by atoms with E-state index in [2.05, 4.69) is 5.32 Å². The Morgan fingerprint density at radius 1 is 1.26 bits per heavy atom. The van der Waals surface area contributed by atoms with E-state index in [1.54, 1.807) is 18.2 Å². The number of nitrogens with one attached hydrogen (secondary N) is 1. The van der Waals surface area contributed by atoms with Gasteiger partial charge in [0, 0.05) is 23.7 Å². The van der Waals surface area contributed by atoms with E-state index < -0.39 is 18.5 Å². The minimum absolute atomic E-state index is 0.00584. The number of carboxylic acids is 2. The molecule has 0 bridgehead atoms. The number of halogens is 1. The van der Waals surface area contributed by atoms with E-state index in [9.17, 15) is 9.59 Å². The van der Waals surface area contributed by atoms with Crippen LogP contribution in [-0.2, 0) is 16.1 Å². The molecular weight excluding hydrogens is 274 g/mol. The summed E-state index contributed by atoms with van der Waals surface area (Å²) in [5.41, 5.74) is 0.680. The molecule has 0 atom stereocenters. The third-order valence-corrected chi connectivity index (χ3v) is 2.44. The maximum atomic E-state index is 10.5. The number of ether oxygens (including phenoxy) is 1. The van der Waals surface area contributed by atoms with Crippen LogP contribution in [-0.4, -0.2) is 35.3 Å². The van der Waals surface area contributed by atoms with Crippen LogP contribution in [0.25, 0.3) is 0 Å². The van der Waals surface area contributed by atoms with Crippen molar-refractivity contribution < 1.29 is 24.5 Å². The highest BCUT2D eigenvalue weighted by molar-refractivity contribution is 6.30. The van der Waals surface area contributed by atoms with Crippen LogP contribution < -0.4 is 10.1 Å². The van der Waals surface area contributed by atoms with E-state index in [4.69, 9.17) is 26.6 Å². The monoisotopic (exact) mass is 287 g/mol. The van der Waals surface area contributed by atoms with Crippen molar-refractivity contribution in [2.45, 2.75) is 13.0 Å². The van der Waals surface area contributed by atoms with Crippen LogP contribution in [0.15, 0.2) is 18.2 Å². The van der Waals surface area contributed by atoms with Crippen molar-refractivity contribution in [3.8, 4) is 5.75 Å². The highest BCUT2D eigenvalue weighted by atomic mass is 35.5. The molecular formula is C12H14ClNO5. The third kappa shape index (κ3) is 6.08. The molecule has 104 valence electrons. The average molecular weight is 288 g/mol. The van der Waals surface area contributed by atoms with Gasteiger partial charge in [0.2, 0.25) is 0 Å². The lowest BCUT2D eigenvalue weighted by Crippen LogP contribution is -2.18. The van der Waals surface area contributed by atoms with Crippen molar-refractivity contribution in [1.82, 2.24) is 5.32 Å². The molecule has 0 aliphatic carbocycles. The first kappa shape index (κ1) is 15.3. The van der Waals surface area contributed by atoms with E-state index in [0.29, 0.717) is 29.4 Å². The molecule has 19 heavy (non-hydrogen) atoms. The minimum atomic E-state index is -1.07. The van der Waals surface area contributed by atoms with E-state index in [-0.39, 0.29) is 6.42 Å². The van der Waals surface area contributed by atoms with Gasteiger partial charge in [-0.3, -0.25) is 4.79 Å². The zero-order valence-corrected chi connectivity index (χ0v) is 10.8. The molecule has 0 aliphatic rings. The molecule has 0 unspecified atom stereocenters. The predicted molar refractivity (Wildman–Crippen MR) is 68.5 cm³/mol. The molecule has 0 spiro atoms. The van der Waals surface area contributed by atoms with E-state index in [0.717, 1.165) is 0 Å². The van der Waals surface area contributed by atoms with Gasteiger partial charge in [-0.25, -0.2) is 4.79 Å². The van der Waals surface area contributed by atoms with E-state index in [1.165, 1.54) is 0 Å².